The average Bonchev–Trinajstić information content (AvgIpc) is 2.94. The molecule has 1 aromatic heterocycles. The molecule has 2 aromatic carbocycles. The second-order valence-corrected chi connectivity index (χ2v) is 5.59. The summed E-state index contributed by atoms with van der Waals surface area (Å²) >= 11 is 0. The summed E-state index contributed by atoms with van der Waals surface area (Å²) in [5.41, 5.74) is 8.91. The molecule has 0 saturated heterocycles. The summed E-state index contributed by atoms with van der Waals surface area (Å²) in [7, 11) is 0. The summed E-state index contributed by atoms with van der Waals surface area (Å²) in [6, 6.07) is 16.5. The fourth-order valence-corrected chi connectivity index (χ4v) is 3.31. The molecule has 4 rings (SSSR count). The molecule has 104 valence electrons. The molecule has 0 radical (unpaired) electrons. The minimum Gasteiger partial charge on any atom is -0.256 e. The van der Waals surface area contributed by atoms with Crippen molar-refractivity contribution < 1.29 is 0 Å². The Bertz CT molecular complexity index is 918. The smallest absolute Gasteiger partial charge is 0.194 e. The molecule has 1 aliphatic carbocycles. The van der Waals surface area contributed by atoms with Crippen LogP contribution in [0.2, 0.25) is 0 Å². The van der Waals surface area contributed by atoms with Crippen LogP contribution in [-0.2, 0) is 6.42 Å². The molecular weight excluding hydrogens is 268 g/mol. The number of hydrogen-bond acceptors (Lipinski definition) is 1. The lowest BCUT2D eigenvalue weighted by Gasteiger charge is -2.07. The van der Waals surface area contributed by atoms with Gasteiger partial charge in [-0.05, 0) is 53.3 Å². The van der Waals surface area contributed by atoms with E-state index in [0.29, 0.717) is 0 Å². The molecule has 0 unspecified atom stereocenters. The normalized spacial score (nSPS) is 11.6. The van der Waals surface area contributed by atoms with Crippen LogP contribution in [0.25, 0.3) is 27.2 Å². The monoisotopic (exact) mass is 282 g/mol. The van der Waals surface area contributed by atoms with Gasteiger partial charge in [0.2, 0.25) is 0 Å². The maximum atomic E-state index is 7.49. The molecule has 3 aromatic rings. The SMILES string of the molecule is [C-]#[N+]c1c(C)ccc2c1Cc1c(-c3ccccn3)cccc1-2. The summed E-state index contributed by atoms with van der Waals surface area (Å²) in [5, 5.41) is 0. The average molecular weight is 282 g/mol. The van der Waals surface area contributed by atoms with Crippen molar-refractivity contribution in [2.45, 2.75) is 13.3 Å². The molecule has 0 N–H and O–H groups in total. The van der Waals surface area contributed by atoms with Crippen molar-refractivity contribution in [1.82, 2.24) is 4.98 Å². The van der Waals surface area contributed by atoms with Crippen LogP contribution in [0.3, 0.4) is 0 Å². The van der Waals surface area contributed by atoms with Crippen LogP contribution < -0.4 is 0 Å². The predicted molar refractivity (Wildman–Crippen MR) is 88.9 cm³/mol. The van der Waals surface area contributed by atoms with Crippen molar-refractivity contribution >= 4 is 5.69 Å². The lowest BCUT2D eigenvalue weighted by atomic mass is 9.99. The maximum absolute atomic E-state index is 7.49. The Balaban J connectivity index is 1.96. The third-order valence-electron chi connectivity index (χ3n) is 4.36. The first-order valence-electron chi connectivity index (χ1n) is 7.33. The minimum atomic E-state index is 0.806. The second-order valence-electron chi connectivity index (χ2n) is 5.59. The zero-order valence-corrected chi connectivity index (χ0v) is 12.3. The molecule has 0 saturated carbocycles. The van der Waals surface area contributed by atoms with Crippen LogP contribution in [0.4, 0.5) is 5.69 Å². The Kier molecular flexibility index (Phi) is 2.80. The van der Waals surface area contributed by atoms with Gasteiger partial charge in [-0.15, -0.1) is 0 Å². The summed E-state index contributed by atoms with van der Waals surface area (Å²) in [6.45, 7) is 9.50. The van der Waals surface area contributed by atoms with E-state index in [1.807, 2.05) is 31.3 Å². The summed E-state index contributed by atoms with van der Waals surface area (Å²) in [6.07, 6.45) is 2.64. The van der Waals surface area contributed by atoms with Crippen molar-refractivity contribution in [3.05, 3.63) is 82.8 Å². The van der Waals surface area contributed by atoms with Crippen LogP contribution >= 0.6 is 0 Å². The molecule has 22 heavy (non-hydrogen) atoms. The van der Waals surface area contributed by atoms with Gasteiger partial charge in [0.1, 0.15) is 0 Å². The fourth-order valence-electron chi connectivity index (χ4n) is 3.31. The number of benzene rings is 2. The van der Waals surface area contributed by atoms with E-state index in [0.717, 1.165) is 28.9 Å². The van der Waals surface area contributed by atoms with Gasteiger partial charge in [-0.1, -0.05) is 36.4 Å². The second kappa shape index (κ2) is 4.82. The van der Waals surface area contributed by atoms with Gasteiger partial charge in [0, 0.05) is 11.8 Å². The van der Waals surface area contributed by atoms with Crippen molar-refractivity contribution in [2.24, 2.45) is 0 Å². The van der Waals surface area contributed by atoms with Gasteiger partial charge >= 0.3 is 0 Å². The van der Waals surface area contributed by atoms with E-state index in [-0.39, 0.29) is 0 Å². The van der Waals surface area contributed by atoms with E-state index in [1.54, 1.807) is 0 Å². The largest absolute Gasteiger partial charge is 0.256 e. The molecule has 2 nitrogen and oxygen atoms in total. The number of fused-ring (bicyclic) bond motifs is 3. The van der Waals surface area contributed by atoms with E-state index in [2.05, 4.69) is 40.2 Å². The predicted octanol–water partition coefficient (Wildman–Crippen LogP) is 5.18. The Labute approximate surface area is 129 Å². The molecule has 2 heteroatoms. The highest BCUT2D eigenvalue weighted by Gasteiger charge is 2.24. The first kappa shape index (κ1) is 12.8. The highest BCUT2D eigenvalue weighted by Crippen LogP contribution is 2.45. The molecule has 0 amide bonds. The zero-order valence-electron chi connectivity index (χ0n) is 12.3. The van der Waals surface area contributed by atoms with Crippen LogP contribution in [0, 0.1) is 13.5 Å². The minimum absolute atomic E-state index is 0.806. The third-order valence-corrected chi connectivity index (χ3v) is 4.36. The summed E-state index contributed by atoms with van der Waals surface area (Å²) in [5.74, 6) is 0. The first-order chi connectivity index (χ1) is 10.8. The summed E-state index contributed by atoms with van der Waals surface area (Å²) < 4.78 is 0. The van der Waals surface area contributed by atoms with Crippen LogP contribution in [-0.4, -0.2) is 4.98 Å². The number of nitrogens with zero attached hydrogens (tertiary/aromatic N) is 2. The van der Waals surface area contributed by atoms with Crippen molar-refractivity contribution in [3.8, 4) is 22.4 Å². The van der Waals surface area contributed by atoms with Crippen molar-refractivity contribution in [2.75, 3.05) is 0 Å². The maximum Gasteiger partial charge on any atom is 0.194 e. The molecule has 0 aliphatic heterocycles. The highest BCUT2D eigenvalue weighted by molar-refractivity contribution is 5.88. The number of hydrogen-bond donors (Lipinski definition) is 0. The van der Waals surface area contributed by atoms with Crippen LogP contribution in [0.15, 0.2) is 54.7 Å². The van der Waals surface area contributed by atoms with Crippen LogP contribution in [0.1, 0.15) is 16.7 Å². The van der Waals surface area contributed by atoms with Crippen molar-refractivity contribution in [1.29, 1.82) is 0 Å². The standard InChI is InChI=1S/C20H14N2/c1-13-9-10-15-14-6-5-7-16(19-8-3-4-11-22-19)17(14)12-18(15)20(13)21-2/h3-11H,12H2,1H3. The zero-order chi connectivity index (χ0) is 15.1. The quantitative estimate of drug-likeness (QED) is 0.440. The molecule has 1 heterocycles. The van der Waals surface area contributed by atoms with Gasteiger partial charge in [-0.2, -0.15) is 0 Å². The Hall–Kier alpha value is -2.92. The highest BCUT2D eigenvalue weighted by atomic mass is 14.7. The first-order valence-corrected chi connectivity index (χ1v) is 7.33. The van der Waals surface area contributed by atoms with E-state index in [9.17, 15) is 0 Å². The molecular formula is C20H14N2. The molecule has 0 bridgehead atoms. The lowest BCUT2D eigenvalue weighted by Crippen LogP contribution is -1.90. The fraction of sp³-hybridized carbons (Fsp3) is 0.100. The van der Waals surface area contributed by atoms with E-state index in [1.165, 1.54) is 22.3 Å². The molecule has 0 fully saturated rings. The number of aryl methyl sites for hydroxylation is 1. The van der Waals surface area contributed by atoms with Crippen LogP contribution in [0.5, 0.6) is 0 Å². The van der Waals surface area contributed by atoms with Gasteiger partial charge in [0.25, 0.3) is 0 Å². The lowest BCUT2D eigenvalue weighted by molar-refractivity contribution is 1.24. The Morgan fingerprint density at radius 1 is 0.909 bits per heavy atom. The number of aromatic nitrogens is 1. The van der Waals surface area contributed by atoms with E-state index >= 15 is 0 Å². The van der Waals surface area contributed by atoms with E-state index < -0.39 is 0 Å². The Morgan fingerprint density at radius 3 is 2.50 bits per heavy atom. The van der Waals surface area contributed by atoms with Gasteiger partial charge in [0.05, 0.1) is 12.3 Å². The van der Waals surface area contributed by atoms with Gasteiger partial charge < -0.3 is 0 Å². The van der Waals surface area contributed by atoms with E-state index in [4.69, 9.17) is 6.57 Å². The van der Waals surface area contributed by atoms with Gasteiger partial charge in [-0.3, -0.25) is 4.98 Å². The topological polar surface area (TPSA) is 17.2 Å². The Morgan fingerprint density at radius 2 is 1.73 bits per heavy atom. The molecule has 0 atom stereocenters. The van der Waals surface area contributed by atoms with Crippen molar-refractivity contribution in [3.63, 3.8) is 0 Å². The van der Waals surface area contributed by atoms with Gasteiger partial charge in [-0.25, -0.2) is 4.85 Å². The number of rotatable bonds is 1. The third kappa shape index (κ3) is 1.76. The van der Waals surface area contributed by atoms with Gasteiger partial charge in [0.15, 0.2) is 5.69 Å². The number of pyridine rings is 1. The summed E-state index contributed by atoms with van der Waals surface area (Å²) in [4.78, 5) is 8.25. The molecule has 0 spiro atoms. The molecule has 1 aliphatic rings.